The Morgan fingerprint density at radius 2 is 1.53 bits per heavy atom. The number of hydrogen-bond acceptors (Lipinski definition) is 7. The molecule has 14 heteroatoms. The van der Waals surface area contributed by atoms with Crippen LogP contribution in [0.2, 0.25) is 5.04 Å². The van der Waals surface area contributed by atoms with Crippen molar-refractivity contribution in [2.45, 2.75) is 89.6 Å². The Bertz CT molecular complexity index is 2230. The fraction of sp³-hybridized carbons (Fsp3) is 0.422. The van der Waals surface area contributed by atoms with E-state index in [0.29, 0.717) is 23.5 Å². The molecule has 0 saturated carbocycles. The average molecular weight is 832 g/mol. The van der Waals surface area contributed by atoms with E-state index in [1.54, 1.807) is 40.0 Å². The Morgan fingerprint density at radius 1 is 0.932 bits per heavy atom. The summed E-state index contributed by atoms with van der Waals surface area (Å²) in [5.74, 6) is -4.89. The first-order valence-corrected chi connectivity index (χ1v) is 21.9. The van der Waals surface area contributed by atoms with Crippen molar-refractivity contribution in [2.24, 2.45) is 0 Å². The summed E-state index contributed by atoms with van der Waals surface area (Å²) < 4.78 is 84.6. The number of amides is 1. The Morgan fingerprint density at radius 3 is 2.07 bits per heavy atom. The standard InChI is InChI=1S/C45H53F4N5O4Si/c1-28-19-34-33-22-38(56-8)50-23-37(33)52-40(34)41(39-35(46)20-29(21-36(39)47)51-30-24-53(25-30)42(55)58-43(2,3)4)54(28)26-45(48,49)27-57-59(44(5,6)7,31-15-11-9-12-16-31)32-17-13-10-14-18-32/h9-18,20-23,28,30,41,51-52H,19,24-27H2,1-8H3/t28-,41-/m1/s1. The maximum absolute atomic E-state index is 16.9. The number of nitrogens with one attached hydrogen (secondary N) is 2. The molecule has 0 bridgehead atoms. The number of aromatic amines is 1. The van der Waals surface area contributed by atoms with Crippen LogP contribution in [0.15, 0.2) is 85.1 Å². The van der Waals surface area contributed by atoms with Crippen molar-refractivity contribution in [3.63, 3.8) is 0 Å². The number of ether oxygens (including phenoxy) is 2. The Labute approximate surface area is 344 Å². The summed E-state index contributed by atoms with van der Waals surface area (Å²) in [4.78, 5) is 23.1. The second-order valence-electron chi connectivity index (χ2n) is 17.8. The van der Waals surface area contributed by atoms with Crippen LogP contribution in [0.5, 0.6) is 5.88 Å². The molecule has 59 heavy (non-hydrogen) atoms. The number of rotatable bonds is 11. The molecule has 7 rings (SSSR count). The van der Waals surface area contributed by atoms with Gasteiger partial charge in [0.25, 0.3) is 14.2 Å². The molecule has 1 fully saturated rings. The van der Waals surface area contributed by atoms with Crippen LogP contribution in [0.1, 0.15) is 71.3 Å². The van der Waals surface area contributed by atoms with E-state index in [1.165, 1.54) is 29.0 Å². The second-order valence-corrected chi connectivity index (χ2v) is 22.1. The predicted molar refractivity (Wildman–Crippen MR) is 224 cm³/mol. The Kier molecular flexibility index (Phi) is 11.4. The molecule has 2 aliphatic rings. The number of carbonyl (C=O) groups is 1. The van der Waals surface area contributed by atoms with Gasteiger partial charge in [-0.05, 0) is 67.2 Å². The second kappa shape index (κ2) is 15.9. The number of aromatic nitrogens is 2. The Hall–Kier alpha value is -4.92. The van der Waals surface area contributed by atoms with Gasteiger partial charge in [0.2, 0.25) is 5.88 Å². The number of carbonyl (C=O) groups excluding carboxylic acids is 1. The highest BCUT2D eigenvalue weighted by atomic mass is 28.4. The number of pyridine rings is 1. The zero-order chi connectivity index (χ0) is 42.5. The van der Waals surface area contributed by atoms with Gasteiger partial charge >= 0.3 is 6.09 Å². The van der Waals surface area contributed by atoms with Crippen molar-refractivity contribution in [3.05, 3.63) is 114 Å². The molecular formula is C45H53F4N5O4Si. The first-order chi connectivity index (χ1) is 27.8. The maximum Gasteiger partial charge on any atom is 0.410 e. The van der Waals surface area contributed by atoms with E-state index in [-0.39, 0.29) is 30.4 Å². The summed E-state index contributed by atoms with van der Waals surface area (Å²) in [5.41, 5.74) is 0.900. The van der Waals surface area contributed by atoms with E-state index in [1.807, 2.05) is 81.4 Å². The minimum atomic E-state index is -3.45. The highest BCUT2D eigenvalue weighted by Crippen LogP contribution is 2.45. The number of hydrogen-bond donors (Lipinski definition) is 2. The van der Waals surface area contributed by atoms with Crippen molar-refractivity contribution in [3.8, 4) is 5.88 Å². The summed E-state index contributed by atoms with van der Waals surface area (Å²) in [6, 6.07) is 21.1. The molecule has 0 aliphatic carbocycles. The molecule has 5 aromatic rings. The Balaban J connectivity index is 1.22. The minimum Gasteiger partial charge on any atom is -0.481 e. The van der Waals surface area contributed by atoms with Gasteiger partial charge in [-0.3, -0.25) is 4.90 Å². The molecule has 1 saturated heterocycles. The third-order valence-corrected chi connectivity index (χ3v) is 16.2. The van der Waals surface area contributed by atoms with E-state index in [0.717, 1.165) is 21.3 Å². The molecule has 0 radical (unpaired) electrons. The van der Waals surface area contributed by atoms with Gasteiger partial charge in [0.1, 0.15) is 17.2 Å². The highest BCUT2D eigenvalue weighted by molar-refractivity contribution is 6.99. The number of H-pyrrole nitrogens is 1. The number of fused-ring (bicyclic) bond motifs is 3. The normalized spacial score (nSPS) is 18.1. The molecule has 2 atom stereocenters. The van der Waals surface area contributed by atoms with E-state index in [2.05, 4.69) is 15.3 Å². The summed E-state index contributed by atoms with van der Waals surface area (Å²) in [5, 5.41) is 5.04. The van der Waals surface area contributed by atoms with Crippen LogP contribution in [0.4, 0.5) is 28.0 Å². The van der Waals surface area contributed by atoms with Crippen LogP contribution >= 0.6 is 0 Å². The first kappa shape index (κ1) is 42.2. The molecule has 2 N–H and O–H groups in total. The molecule has 4 heterocycles. The lowest BCUT2D eigenvalue weighted by molar-refractivity contribution is -0.0825. The SMILES string of the molecule is COc1cc2c3c([nH]c2cn1)[C@@H](c1c(F)cc(NC2CN(C(=O)OC(C)(C)C)C2)cc1F)N(CC(F)(F)CO[Si](c1ccccc1)(c1ccccc1)C(C)(C)C)[C@H](C)C3. The lowest BCUT2D eigenvalue weighted by Crippen LogP contribution is -2.67. The minimum absolute atomic E-state index is 0.169. The zero-order valence-corrected chi connectivity index (χ0v) is 35.8. The molecule has 2 aromatic heterocycles. The van der Waals surface area contributed by atoms with E-state index in [9.17, 15) is 4.79 Å². The lowest BCUT2D eigenvalue weighted by Gasteiger charge is -2.45. The number of nitrogens with zero attached hydrogens (tertiary/aromatic N) is 3. The van der Waals surface area contributed by atoms with Crippen LogP contribution < -0.4 is 20.4 Å². The summed E-state index contributed by atoms with van der Waals surface area (Å²) in [6.07, 6.45) is 1.43. The van der Waals surface area contributed by atoms with Crippen LogP contribution in [0, 0.1) is 11.6 Å². The average Bonchev–Trinajstić information content (AvgIpc) is 3.50. The molecule has 0 unspecified atom stereocenters. The molecule has 314 valence electrons. The van der Waals surface area contributed by atoms with Crippen LogP contribution in [0.3, 0.4) is 0 Å². The van der Waals surface area contributed by atoms with Gasteiger partial charge < -0.3 is 29.1 Å². The van der Waals surface area contributed by atoms with Crippen LogP contribution in [0.25, 0.3) is 10.9 Å². The van der Waals surface area contributed by atoms with Gasteiger partial charge in [-0.2, -0.15) is 0 Å². The number of halogens is 4. The van der Waals surface area contributed by atoms with Crippen molar-refractivity contribution in [1.82, 2.24) is 19.8 Å². The van der Waals surface area contributed by atoms with E-state index >= 15 is 17.6 Å². The molecular weight excluding hydrogens is 779 g/mol. The number of alkyl halides is 2. The van der Waals surface area contributed by atoms with Crippen molar-refractivity contribution < 1.29 is 36.3 Å². The third-order valence-electron chi connectivity index (χ3n) is 11.3. The van der Waals surface area contributed by atoms with E-state index in [4.69, 9.17) is 13.9 Å². The van der Waals surface area contributed by atoms with Crippen molar-refractivity contribution >= 4 is 41.4 Å². The lowest BCUT2D eigenvalue weighted by atomic mass is 9.87. The fourth-order valence-corrected chi connectivity index (χ4v) is 13.2. The number of benzene rings is 3. The van der Waals surface area contributed by atoms with Gasteiger partial charge in [-0.25, -0.2) is 27.3 Å². The van der Waals surface area contributed by atoms with Gasteiger partial charge in [0, 0.05) is 47.5 Å². The maximum atomic E-state index is 16.9. The van der Waals surface area contributed by atoms with Gasteiger partial charge in [0.15, 0.2) is 0 Å². The smallest absolute Gasteiger partial charge is 0.410 e. The number of methoxy groups -OCH3 is 1. The summed E-state index contributed by atoms with van der Waals surface area (Å²) in [7, 11) is -1.85. The third kappa shape index (κ3) is 8.44. The largest absolute Gasteiger partial charge is 0.481 e. The molecule has 3 aromatic carbocycles. The van der Waals surface area contributed by atoms with Crippen LogP contribution in [-0.4, -0.2) is 91.1 Å². The monoisotopic (exact) mass is 831 g/mol. The highest BCUT2D eigenvalue weighted by Gasteiger charge is 2.53. The number of anilines is 1. The van der Waals surface area contributed by atoms with Crippen LogP contribution in [-0.2, 0) is 15.6 Å². The molecule has 2 aliphatic heterocycles. The summed E-state index contributed by atoms with van der Waals surface area (Å²) >= 11 is 0. The molecule has 0 spiro atoms. The quantitative estimate of drug-likeness (QED) is 0.102. The zero-order valence-electron chi connectivity index (χ0n) is 34.8. The van der Waals surface area contributed by atoms with E-state index < -0.39 is 67.8 Å². The number of likely N-dealkylation sites (tertiary alicyclic amines) is 1. The molecule has 1 amide bonds. The first-order valence-electron chi connectivity index (χ1n) is 20.0. The van der Waals surface area contributed by atoms with Crippen molar-refractivity contribution in [2.75, 3.05) is 38.7 Å². The fourth-order valence-electron chi connectivity index (χ4n) is 8.60. The predicted octanol–water partition coefficient (Wildman–Crippen LogP) is 8.43. The molecule has 9 nitrogen and oxygen atoms in total. The topological polar surface area (TPSA) is 92.0 Å². The van der Waals surface area contributed by atoms with Gasteiger partial charge in [0.05, 0.1) is 44.1 Å². The van der Waals surface area contributed by atoms with Gasteiger partial charge in [-0.1, -0.05) is 81.4 Å². The van der Waals surface area contributed by atoms with Gasteiger partial charge in [-0.15, -0.1) is 0 Å². The van der Waals surface area contributed by atoms with Crippen molar-refractivity contribution in [1.29, 1.82) is 0 Å². The summed E-state index contributed by atoms with van der Waals surface area (Å²) in [6.45, 7) is 12.0.